The van der Waals surface area contributed by atoms with Crippen molar-refractivity contribution in [2.24, 2.45) is 5.92 Å². The summed E-state index contributed by atoms with van der Waals surface area (Å²) in [5.41, 5.74) is 0.759. The summed E-state index contributed by atoms with van der Waals surface area (Å²) in [6, 6.07) is 17.0. The fraction of sp³-hybridized carbons (Fsp3) is 0.188. The molecule has 3 rings (SSSR count). The van der Waals surface area contributed by atoms with Crippen LogP contribution in [-0.4, -0.2) is 24.7 Å². The summed E-state index contributed by atoms with van der Waals surface area (Å²) in [6.07, 6.45) is 0. The van der Waals surface area contributed by atoms with Crippen molar-refractivity contribution in [3.8, 4) is 0 Å². The van der Waals surface area contributed by atoms with Crippen LogP contribution in [0.2, 0.25) is 0 Å². The molecule has 1 aliphatic rings. The average molecular weight is 302 g/mol. The SMILES string of the molecule is O=C(O)[C@H]1[C@@H](c2ccccc2)[C@@H]1S(=O)(=O)c1ccccc1. The van der Waals surface area contributed by atoms with Gasteiger partial charge in [0.05, 0.1) is 16.1 Å². The van der Waals surface area contributed by atoms with Gasteiger partial charge in [-0.15, -0.1) is 0 Å². The van der Waals surface area contributed by atoms with Gasteiger partial charge in [0.25, 0.3) is 0 Å². The molecule has 0 unspecified atom stereocenters. The fourth-order valence-corrected chi connectivity index (χ4v) is 4.95. The number of benzene rings is 2. The van der Waals surface area contributed by atoms with Crippen molar-refractivity contribution in [3.05, 3.63) is 66.2 Å². The molecular weight excluding hydrogens is 288 g/mol. The first-order valence-corrected chi connectivity index (χ1v) is 8.15. The van der Waals surface area contributed by atoms with Crippen LogP contribution in [0.3, 0.4) is 0 Å². The van der Waals surface area contributed by atoms with E-state index in [1.54, 1.807) is 42.5 Å². The minimum Gasteiger partial charge on any atom is -0.481 e. The van der Waals surface area contributed by atoms with E-state index >= 15 is 0 Å². The summed E-state index contributed by atoms with van der Waals surface area (Å²) in [5, 5.41) is 8.41. The topological polar surface area (TPSA) is 71.4 Å². The van der Waals surface area contributed by atoms with Crippen molar-refractivity contribution in [1.29, 1.82) is 0 Å². The third-order valence-corrected chi connectivity index (χ3v) is 6.09. The van der Waals surface area contributed by atoms with Crippen LogP contribution in [0.1, 0.15) is 11.5 Å². The quantitative estimate of drug-likeness (QED) is 0.941. The number of carboxylic acids is 1. The molecule has 108 valence electrons. The lowest BCUT2D eigenvalue weighted by Crippen LogP contribution is -2.13. The van der Waals surface area contributed by atoms with Crippen molar-refractivity contribution in [3.63, 3.8) is 0 Å². The molecule has 0 amide bonds. The molecule has 0 heterocycles. The van der Waals surface area contributed by atoms with Crippen molar-refractivity contribution < 1.29 is 18.3 Å². The van der Waals surface area contributed by atoms with Gasteiger partial charge in [0, 0.05) is 5.92 Å². The van der Waals surface area contributed by atoms with Gasteiger partial charge in [0.15, 0.2) is 9.84 Å². The van der Waals surface area contributed by atoms with E-state index in [1.165, 1.54) is 12.1 Å². The predicted octanol–water partition coefficient (Wildman–Crippen LogP) is 2.33. The lowest BCUT2D eigenvalue weighted by Gasteiger charge is -2.03. The zero-order valence-electron chi connectivity index (χ0n) is 11.1. The maximum Gasteiger partial charge on any atom is 0.308 e. The van der Waals surface area contributed by atoms with Crippen LogP contribution in [0, 0.1) is 5.92 Å². The highest BCUT2D eigenvalue weighted by molar-refractivity contribution is 7.92. The first kappa shape index (κ1) is 13.8. The first-order chi connectivity index (χ1) is 10.0. The zero-order chi connectivity index (χ0) is 15.0. The Bertz CT molecular complexity index is 753. The number of carboxylic acid groups (broad SMARTS) is 1. The molecule has 1 aliphatic carbocycles. The van der Waals surface area contributed by atoms with Gasteiger partial charge < -0.3 is 5.11 Å². The van der Waals surface area contributed by atoms with E-state index in [2.05, 4.69) is 0 Å². The van der Waals surface area contributed by atoms with Crippen molar-refractivity contribution in [1.82, 2.24) is 0 Å². The Morgan fingerprint density at radius 3 is 1.95 bits per heavy atom. The Balaban J connectivity index is 2.00. The lowest BCUT2D eigenvalue weighted by molar-refractivity contribution is -0.138. The molecule has 0 spiro atoms. The van der Waals surface area contributed by atoms with Crippen molar-refractivity contribution >= 4 is 15.8 Å². The number of hydrogen-bond acceptors (Lipinski definition) is 3. The lowest BCUT2D eigenvalue weighted by atomic mass is 10.1. The maximum atomic E-state index is 12.6. The first-order valence-electron chi connectivity index (χ1n) is 6.60. The minimum atomic E-state index is -3.64. The summed E-state index contributed by atoms with van der Waals surface area (Å²) in [7, 11) is -3.64. The second-order valence-corrected chi connectivity index (χ2v) is 7.23. The summed E-state index contributed by atoms with van der Waals surface area (Å²) >= 11 is 0. The van der Waals surface area contributed by atoms with E-state index in [-0.39, 0.29) is 4.90 Å². The van der Waals surface area contributed by atoms with E-state index < -0.39 is 32.9 Å². The Labute approximate surface area is 123 Å². The predicted molar refractivity (Wildman–Crippen MR) is 77.7 cm³/mol. The molecule has 1 fully saturated rings. The third-order valence-electron chi connectivity index (χ3n) is 3.85. The van der Waals surface area contributed by atoms with Crippen molar-refractivity contribution in [2.45, 2.75) is 16.1 Å². The number of rotatable bonds is 4. The number of carbonyl (C=O) groups is 1. The smallest absolute Gasteiger partial charge is 0.308 e. The Hall–Kier alpha value is -2.14. The number of sulfone groups is 1. The molecule has 0 radical (unpaired) electrons. The van der Waals surface area contributed by atoms with E-state index in [0.29, 0.717) is 0 Å². The molecule has 0 bridgehead atoms. The number of aliphatic carboxylic acids is 1. The molecule has 0 aliphatic heterocycles. The molecule has 21 heavy (non-hydrogen) atoms. The molecule has 1 saturated carbocycles. The van der Waals surface area contributed by atoms with Crippen molar-refractivity contribution in [2.75, 3.05) is 0 Å². The van der Waals surface area contributed by atoms with Gasteiger partial charge in [-0.2, -0.15) is 0 Å². The molecule has 1 N–H and O–H groups in total. The Kier molecular flexibility index (Phi) is 3.29. The van der Waals surface area contributed by atoms with Crippen LogP contribution in [0.15, 0.2) is 65.6 Å². The molecule has 3 atom stereocenters. The maximum absolute atomic E-state index is 12.6. The molecule has 2 aromatic carbocycles. The van der Waals surface area contributed by atoms with Gasteiger partial charge in [-0.25, -0.2) is 8.42 Å². The van der Waals surface area contributed by atoms with E-state index in [1.807, 2.05) is 6.07 Å². The molecule has 5 heteroatoms. The van der Waals surface area contributed by atoms with Gasteiger partial charge in [-0.3, -0.25) is 4.79 Å². The highest BCUT2D eigenvalue weighted by Gasteiger charge is 2.62. The van der Waals surface area contributed by atoms with Gasteiger partial charge in [-0.1, -0.05) is 48.5 Å². The van der Waals surface area contributed by atoms with Crippen LogP contribution in [0.5, 0.6) is 0 Å². The monoisotopic (exact) mass is 302 g/mol. The summed E-state index contributed by atoms with van der Waals surface area (Å²) in [6.45, 7) is 0. The van der Waals surface area contributed by atoms with E-state index in [4.69, 9.17) is 0 Å². The van der Waals surface area contributed by atoms with Gasteiger partial charge in [0.1, 0.15) is 0 Å². The largest absolute Gasteiger partial charge is 0.481 e. The minimum absolute atomic E-state index is 0.180. The van der Waals surface area contributed by atoms with Gasteiger partial charge in [0.2, 0.25) is 0 Å². The van der Waals surface area contributed by atoms with Crippen LogP contribution >= 0.6 is 0 Å². The summed E-state index contributed by atoms with van der Waals surface area (Å²) in [5.74, 6) is -2.42. The van der Waals surface area contributed by atoms with Crippen LogP contribution in [0.25, 0.3) is 0 Å². The summed E-state index contributed by atoms with van der Waals surface area (Å²) in [4.78, 5) is 11.5. The second-order valence-electron chi connectivity index (χ2n) is 5.12. The molecule has 0 saturated heterocycles. The van der Waals surface area contributed by atoms with Gasteiger partial charge in [-0.05, 0) is 17.7 Å². The van der Waals surface area contributed by atoms with E-state index in [9.17, 15) is 18.3 Å². The normalized spacial score (nSPS) is 24.5. The molecular formula is C16H14O4S. The zero-order valence-corrected chi connectivity index (χ0v) is 11.9. The summed E-state index contributed by atoms with van der Waals surface area (Å²) < 4.78 is 25.3. The average Bonchev–Trinajstić information content (AvgIpc) is 3.26. The highest BCUT2D eigenvalue weighted by atomic mass is 32.2. The third kappa shape index (κ3) is 2.34. The van der Waals surface area contributed by atoms with Crippen LogP contribution < -0.4 is 0 Å². The Morgan fingerprint density at radius 2 is 1.43 bits per heavy atom. The molecule has 2 aromatic rings. The van der Waals surface area contributed by atoms with Crippen LogP contribution in [-0.2, 0) is 14.6 Å². The highest BCUT2D eigenvalue weighted by Crippen LogP contribution is 2.54. The fourth-order valence-electron chi connectivity index (χ4n) is 2.80. The molecule has 4 nitrogen and oxygen atoms in total. The standard InChI is InChI=1S/C16H14O4S/c17-16(18)14-13(11-7-3-1-4-8-11)15(14)21(19,20)12-9-5-2-6-10-12/h1-10,13-15H,(H,17,18)/t13-,14+,15+/m1/s1. The molecule has 0 aromatic heterocycles. The second kappa shape index (κ2) is 5.00. The van der Waals surface area contributed by atoms with Crippen LogP contribution in [0.4, 0.5) is 0 Å². The number of hydrogen-bond donors (Lipinski definition) is 1. The Morgan fingerprint density at radius 1 is 0.905 bits per heavy atom. The van der Waals surface area contributed by atoms with E-state index in [0.717, 1.165) is 5.56 Å². The van der Waals surface area contributed by atoms with Gasteiger partial charge >= 0.3 is 5.97 Å².